The van der Waals surface area contributed by atoms with Crippen LogP contribution in [0.5, 0.6) is 0 Å². The Morgan fingerprint density at radius 1 is 1.00 bits per heavy atom. The van der Waals surface area contributed by atoms with Gasteiger partial charge in [0, 0.05) is 0 Å². The fourth-order valence-corrected chi connectivity index (χ4v) is 0. The van der Waals surface area contributed by atoms with Gasteiger partial charge in [-0.15, -0.1) is 13.2 Å². The minimum atomic E-state index is 0. The molecule has 53 valence electrons. The molecule has 4 heteroatoms. The van der Waals surface area contributed by atoms with Gasteiger partial charge < -0.3 is 16.4 Å². The molecule has 0 bridgehead atoms. The third-order valence-electron chi connectivity index (χ3n) is 0. The summed E-state index contributed by atoms with van der Waals surface area (Å²) in [5.74, 6) is 0. The van der Waals surface area contributed by atoms with E-state index in [2.05, 4.69) is 0 Å². The molecule has 0 saturated carbocycles. The van der Waals surface area contributed by atoms with Gasteiger partial charge in [-0.2, -0.15) is 0 Å². The van der Waals surface area contributed by atoms with Gasteiger partial charge in [0.25, 0.3) is 0 Å². The molecule has 8 heavy (non-hydrogen) atoms. The minimum absolute atomic E-state index is 0. The molecule has 0 aromatic heterocycles. The largest absolute Gasteiger partial charge is 3.00 e. The van der Waals surface area contributed by atoms with Gasteiger partial charge in [0.1, 0.15) is 0 Å². The van der Waals surface area contributed by atoms with E-state index in [1.165, 1.54) is 0 Å². The molecule has 0 atom stereocenters. The summed E-state index contributed by atoms with van der Waals surface area (Å²) < 4.78 is 0. The van der Waals surface area contributed by atoms with E-state index in [0.717, 1.165) is 0 Å². The first-order valence-corrected chi connectivity index (χ1v) is 1.99. The maximum Gasteiger partial charge on any atom is 3.00 e. The zero-order valence-electron chi connectivity index (χ0n) is 5.16. The van der Waals surface area contributed by atoms with Crippen molar-refractivity contribution in [1.29, 1.82) is 0 Å². The Morgan fingerprint density at radius 3 is 1.00 bits per heavy atom. The normalized spacial score (nSPS) is 4.50. The third-order valence-corrected chi connectivity index (χ3v) is 0. The third kappa shape index (κ3) is 777. The maximum absolute atomic E-state index is 8.93. The Kier molecular flexibility index (Phi) is 149. The average molecular weight is 207 g/mol. The van der Waals surface area contributed by atoms with Crippen molar-refractivity contribution in [3.63, 3.8) is 0 Å². The van der Waals surface area contributed by atoms with Gasteiger partial charge in [0.2, 0.25) is 0 Å². The Morgan fingerprint density at radius 2 is 1.00 bits per heavy atom. The molecule has 0 saturated heterocycles. The van der Waals surface area contributed by atoms with Gasteiger partial charge >= 0.3 is 19.5 Å². The van der Waals surface area contributed by atoms with Crippen LogP contribution >= 0.6 is 0 Å². The van der Waals surface area contributed by atoms with E-state index < -0.39 is 0 Å². The summed E-state index contributed by atoms with van der Waals surface area (Å²) in [5.41, 5.74) is 0. The second-order valence-corrected chi connectivity index (χ2v) is 0.577. The predicted molar refractivity (Wildman–Crippen MR) is 26.4 cm³/mol. The van der Waals surface area contributed by atoms with Crippen LogP contribution in [-0.4, -0.2) is 13.2 Å². The van der Waals surface area contributed by atoms with Gasteiger partial charge in [-0.05, 0) is 0 Å². The molecule has 3 nitrogen and oxygen atoms in total. The molecule has 0 amide bonds. The molecule has 0 unspecified atom stereocenters. The van der Waals surface area contributed by atoms with Crippen molar-refractivity contribution in [3.8, 4) is 0 Å². The molecular formula is C4H12NO2Ru. The quantitative estimate of drug-likeness (QED) is 0.499. The molecule has 0 fully saturated rings. The first-order valence-electron chi connectivity index (χ1n) is 1.99. The van der Waals surface area contributed by atoms with E-state index >= 15 is 0 Å². The van der Waals surface area contributed by atoms with E-state index in [-0.39, 0.29) is 38.8 Å². The van der Waals surface area contributed by atoms with Crippen LogP contribution in [0.25, 0.3) is 6.15 Å². The molecule has 0 rings (SSSR count). The van der Waals surface area contributed by atoms with E-state index in [1.807, 2.05) is 0 Å². The number of nitrogens with two attached hydrogens (primary N) is 1. The minimum Gasteiger partial charge on any atom is -0.855 e. The molecular weight excluding hydrogens is 195 g/mol. The van der Waals surface area contributed by atoms with E-state index in [0.29, 0.717) is 0 Å². The van der Waals surface area contributed by atoms with Gasteiger partial charge in [0.05, 0.1) is 0 Å². The summed E-state index contributed by atoms with van der Waals surface area (Å²) >= 11 is 0. The number of hydrogen-bond acceptors (Lipinski definition) is 2. The zero-order valence-corrected chi connectivity index (χ0v) is 6.90. The fourth-order valence-electron chi connectivity index (χ4n) is 0. The maximum atomic E-state index is 8.93. The SMILES string of the molecule is CC[O-].CC[O-].[NH2-].[Ru+3]. The summed E-state index contributed by atoms with van der Waals surface area (Å²) in [4.78, 5) is 0. The molecule has 0 aromatic carbocycles. The van der Waals surface area contributed by atoms with Crippen molar-refractivity contribution < 1.29 is 29.7 Å². The molecule has 0 aliphatic carbocycles. The van der Waals surface area contributed by atoms with Crippen LogP contribution < -0.4 is 10.2 Å². The Bertz CT molecular complexity index is 16.0. The first-order chi connectivity index (χ1) is 2.83. The second-order valence-electron chi connectivity index (χ2n) is 0.577. The number of hydrogen-bond donors (Lipinski definition) is 0. The van der Waals surface area contributed by atoms with Crippen molar-refractivity contribution >= 4 is 0 Å². The monoisotopic (exact) mass is 208 g/mol. The van der Waals surface area contributed by atoms with Crippen molar-refractivity contribution in [1.82, 2.24) is 0 Å². The summed E-state index contributed by atoms with van der Waals surface area (Å²) in [5, 5.41) is 17.9. The van der Waals surface area contributed by atoms with Crippen molar-refractivity contribution in [2.45, 2.75) is 13.8 Å². The predicted octanol–water partition coefficient (Wildman–Crippen LogP) is -0.552. The summed E-state index contributed by atoms with van der Waals surface area (Å²) in [6.07, 6.45) is 0. The van der Waals surface area contributed by atoms with Crippen LogP contribution in [0.1, 0.15) is 13.8 Å². The Hall–Kier alpha value is 0.503. The molecule has 0 aromatic rings. The summed E-state index contributed by atoms with van der Waals surface area (Å²) in [7, 11) is 0. The van der Waals surface area contributed by atoms with Gasteiger partial charge in [-0.1, -0.05) is 13.8 Å². The molecule has 0 heterocycles. The summed E-state index contributed by atoms with van der Waals surface area (Å²) in [6.45, 7) is 3.14. The van der Waals surface area contributed by atoms with Crippen LogP contribution in [0, 0.1) is 0 Å². The number of rotatable bonds is 0. The van der Waals surface area contributed by atoms with Crippen LogP contribution in [0.4, 0.5) is 0 Å². The zero-order chi connectivity index (χ0) is 5.41. The van der Waals surface area contributed by atoms with Crippen molar-refractivity contribution in [2.75, 3.05) is 13.2 Å². The molecule has 2 N–H and O–H groups in total. The second kappa shape index (κ2) is 50.6. The molecule has 0 spiro atoms. The fraction of sp³-hybridized carbons (Fsp3) is 1.00. The molecule has 1 radical (unpaired) electrons. The van der Waals surface area contributed by atoms with E-state index in [9.17, 15) is 0 Å². The van der Waals surface area contributed by atoms with E-state index in [4.69, 9.17) is 10.2 Å². The smallest absolute Gasteiger partial charge is 0.855 e. The first kappa shape index (κ1) is 23.6. The van der Waals surface area contributed by atoms with Crippen molar-refractivity contribution in [3.05, 3.63) is 6.15 Å². The van der Waals surface area contributed by atoms with Gasteiger partial charge in [-0.3, -0.25) is 0 Å². The van der Waals surface area contributed by atoms with Crippen molar-refractivity contribution in [2.24, 2.45) is 0 Å². The van der Waals surface area contributed by atoms with E-state index in [1.54, 1.807) is 13.8 Å². The standard InChI is InChI=1S/2C2H5O.H2N.Ru/c2*1-2-3;;/h2*2H2,1H3;1H2;/q3*-1;+3. The Labute approximate surface area is 63.4 Å². The van der Waals surface area contributed by atoms with Crippen LogP contribution in [0.15, 0.2) is 0 Å². The van der Waals surface area contributed by atoms with Crippen LogP contribution in [0.2, 0.25) is 0 Å². The van der Waals surface area contributed by atoms with Crippen LogP contribution in [-0.2, 0) is 19.5 Å². The van der Waals surface area contributed by atoms with Crippen LogP contribution in [0.3, 0.4) is 0 Å². The topological polar surface area (TPSA) is 79.6 Å². The molecule has 0 aliphatic heterocycles. The van der Waals surface area contributed by atoms with Gasteiger partial charge in [0.15, 0.2) is 0 Å². The average Bonchev–Trinajstić information content (AvgIpc) is 1.39. The van der Waals surface area contributed by atoms with Gasteiger partial charge in [-0.25, -0.2) is 0 Å². The molecule has 0 aliphatic rings. The Balaban J connectivity index is -0.0000000160. The summed E-state index contributed by atoms with van der Waals surface area (Å²) in [6, 6.07) is 0.